The van der Waals surface area contributed by atoms with Crippen molar-refractivity contribution >= 4 is 5.78 Å². The van der Waals surface area contributed by atoms with Crippen molar-refractivity contribution in [2.75, 3.05) is 13.6 Å². The van der Waals surface area contributed by atoms with E-state index in [-0.39, 0.29) is 29.4 Å². The minimum atomic E-state index is -0.190. The Morgan fingerprint density at radius 2 is 1.86 bits per heavy atom. The van der Waals surface area contributed by atoms with Crippen LogP contribution in [-0.4, -0.2) is 34.5 Å². The predicted octanol–water partition coefficient (Wildman–Crippen LogP) is 2.72. The number of nitrogens with zero attached hydrogens (tertiary/aromatic N) is 1. The molecule has 0 spiro atoms. The third kappa shape index (κ3) is 3.83. The Balaban J connectivity index is 2.04. The summed E-state index contributed by atoms with van der Waals surface area (Å²) in [7, 11) is 1.86. The van der Waals surface area contributed by atoms with E-state index in [0.29, 0.717) is 6.54 Å². The van der Waals surface area contributed by atoms with E-state index in [1.54, 1.807) is 0 Å². The number of hydrogen-bond acceptors (Lipinski definition) is 4. The summed E-state index contributed by atoms with van der Waals surface area (Å²) in [5, 5.41) is 19.0. The maximum Gasteiger partial charge on any atom is 0.180 e. The third-order valence-corrected chi connectivity index (χ3v) is 3.40. The molecule has 0 saturated carbocycles. The second-order valence-electron chi connectivity index (χ2n) is 5.22. The minimum Gasteiger partial charge on any atom is -0.508 e. The molecular formula is C17H19NO3. The van der Waals surface area contributed by atoms with E-state index in [9.17, 15) is 15.0 Å². The van der Waals surface area contributed by atoms with Crippen molar-refractivity contribution < 1.29 is 15.0 Å². The van der Waals surface area contributed by atoms with Gasteiger partial charge in [-0.3, -0.25) is 9.69 Å². The van der Waals surface area contributed by atoms with Crippen LogP contribution in [-0.2, 0) is 6.54 Å². The quantitative estimate of drug-likeness (QED) is 0.829. The standard InChI is InChI=1S/C17H19NO3/c1-12-5-3-4-6-13(12)10-18(2)11-17(21)15-8-7-14(19)9-16(15)20/h3-9,19-20H,10-11H2,1-2H3. The fraction of sp³-hybridized carbons (Fsp3) is 0.235. The van der Waals surface area contributed by atoms with Gasteiger partial charge in [-0.1, -0.05) is 24.3 Å². The van der Waals surface area contributed by atoms with Crippen LogP contribution in [0.15, 0.2) is 42.5 Å². The largest absolute Gasteiger partial charge is 0.508 e. The molecule has 110 valence electrons. The molecule has 21 heavy (non-hydrogen) atoms. The molecule has 0 radical (unpaired) electrons. The third-order valence-electron chi connectivity index (χ3n) is 3.40. The van der Waals surface area contributed by atoms with Crippen LogP contribution in [0.3, 0.4) is 0 Å². The van der Waals surface area contributed by atoms with Gasteiger partial charge in [-0.2, -0.15) is 0 Å². The minimum absolute atomic E-state index is 0.0580. The van der Waals surface area contributed by atoms with Crippen LogP contribution in [0.4, 0.5) is 0 Å². The van der Waals surface area contributed by atoms with Gasteiger partial charge in [0.2, 0.25) is 0 Å². The van der Waals surface area contributed by atoms with Gasteiger partial charge >= 0.3 is 0 Å². The Labute approximate surface area is 124 Å². The number of aromatic hydroxyl groups is 2. The lowest BCUT2D eigenvalue weighted by molar-refractivity contribution is 0.0940. The van der Waals surface area contributed by atoms with Crippen LogP contribution in [0.1, 0.15) is 21.5 Å². The van der Waals surface area contributed by atoms with Crippen molar-refractivity contribution in [3.63, 3.8) is 0 Å². The Morgan fingerprint density at radius 1 is 1.14 bits per heavy atom. The van der Waals surface area contributed by atoms with Crippen molar-refractivity contribution in [1.29, 1.82) is 0 Å². The smallest absolute Gasteiger partial charge is 0.180 e. The lowest BCUT2D eigenvalue weighted by Crippen LogP contribution is -2.26. The number of phenols is 2. The zero-order valence-corrected chi connectivity index (χ0v) is 12.2. The van der Waals surface area contributed by atoms with E-state index < -0.39 is 0 Å². The van der Waals surface area contributed by atoms with Crippen molar-refractivity contribution in [1.82, 2.24) is 4.90 Å². The lowest BCUT2D eigenvalue weighted by Gasteiger charge is -2.17. The second-order valence-corrected chi connectivity index (χ2v) is 5.22. The highest BCUT2D eigenvalue weighted by Crippen LogP contribution is 2.23. The molecule has 4 nitrogen and oxygen atoms in total. The summed E-state index contributed by atoms with van der Waals surface area (Å²) in [4.78, 5) is 14.1. The molecule has 0 aromatic heterocycles. The maximum atomic E-state index is 12.2. The Morgan fingerprint density at radius 3 is 2.52 bits per heavy atom. The number of carbonyl (C=O) groups is 1. The summed E-state index contributed by atoms with van der Waals surface area (Å²) in [6.45, 7) is 2.90. The number of carbonyl (C=O) groups excluding carboxylic acids is 1. The molecule has 2 aromatic carbocycles. The fourth-order valence-corrected chi connectivity index (χ4v) is 2.22. The van der Waals surface area contributed by atoms with E-state index >= 15 is 0 Å². The molecule has 0 aliphatic heterocycles. The van der Waals surface area contributed by atoms with Crippen LogP contribution >= 0.6 is 0 Å². The number of rotatable bonds is 5. The zero-order chi connectivity index (χ0) is 15.4. The number of benzene rings is 2. The summed E-state index contributed by atoms with van der Waals surface area (Å²) in [6.07, 6.45) is 0. The monoisotopic (exact) mass is 285 g/mol. The summed E-state index contributed by atoms with van der Waals surface area (Å²) in [6, 6.07) is 12.0. The average Bonchev–Trinajstić information content (AvgIpc) is 2.41. The highest BCUT2D eigenvalue weighted by Gasteiger charge is 2.14. The van der Waals surface area contributed by atoms with Gasteiger partial charge in [0.05, 0.1) is 12.1 Å². The molecular weight excluding hydrogens is 266 g/mol. The van der Waals surface area contributed by atoms with E-state index in [4.69, 9.17) is 0 Å². The summed E-state index contributed by atoms with van der Waals surface area (Å²) < 4.78 is 0. The van der Waals surface area contributed by atoms with Gasteiger partial charge in [0.25, 0.3) is 0 Å². The van der Waals surface area contributed by atoms with Crippen molar-refractivity contribution in [2.24, 2.45) is 0 Å². The van der Waals surface area contributed by atoms with Crippen LogP contribution in [0.25, 0.3) is 0 Å². The first-order valence-electron chi connectivity index (χ1n) is 6.75. The van der Waals surface area contributed by atoms with Gasteiger partial charge in [0, 0.05) is 12.6 Å². The normalized spacial score (nSPS) is 10.8. The molecule has 0 atom stereocenters. The Hall–Kier alpha value is -2.33. The first kappa shape index (κ1) is 15.1. The van der Waals surface area contributed by atoms with E-state index in [2.05, 4.69) is 0 Å². The van der Waals surface area contributed by atoms with E-state index in [0.717, 1.165) is 0 Å². The topological polar surface area (TPSA) is 60.8 Å². The molecule has 0 fully saturated rings. The molecule has 0 amide bonds. The summed E-state index contributed by atoms with van der Waals surface area (Å²) in [5.74, 6) is -0.426. The fourth-order valence-electron chi connectivity index (χ4n) is 2.22. The molecule has 0 aliphatic rings. The van der Waals surface area contributed by atoms with Crippen molar-refractivity contribution in [3.05, 3.63) is 59.2 Å². The number of likely N-dealkylation sites (N-methyl/N-ethyl adjacent to an activating group) is 1. The number of ketones is 1. The lowest BCUT2D eigenvalue weighted by atomic mass is 10.1. The van der Waals surface area contributed by atoms with Gasteiger partial charge in [0.15, 0.2) is 5.78 Å². The summed E-state index contributed by atoms with van der Waals surface area (Å²) in [5.41, 5.74) is 2.58. The van der Waals surface area contributed by atoms with Gasteiger partial charge in [-0.25, -0.2) is 0 Å². The van der Waals surface area contributed by atoms with Crippen LogP contribution < -0.4 is 0 Å². The highest BCUT2D eigenvalue weighted by molar-refractivity contribution is 6.00. The summed E-state index contributed by atoms with van der Waals surface area (Å²) >= 11 is 0. The zero-order valence-electron chi connectivity index (χ0n) is 12.2. The highest BCUT2D eigenvalue weighted by atomic mass is 16.3. The number of Topliss-reactive ketones (excluding diaryl/α,β-unsaturated/α-hetero) is 1. The molecule has 2 N–H and O–H groups in total. The Kier molecular flexibility index (Phi) is 4.60. The first-order chi connectivity index (χ1) is 9.97. The Bertz CT molecular complexity index is 652. The molecule has 2 aromatic rings. The molecule has 4 heteroatoms. The van der Waals surface area contributed by atoms with Crippen molar-refractivity contribution in [3.8, 4) is 11.5 Å². The maximum absolute atomic E-state index is 12.2. The molecule has 0 aliphatic carbocycles. The number of phenolic OH excluding ortho intramolecular Hbond substituents is 2. The molecule has 0 saturated heterocycles. The predicted molar refractivity (Wildman–Crippen MR) is 81.6 cm³/mol. The molecule has 0 heterocycles. The van der Waals surface area contributed by atoms with Gasteiger partial charge in [-0.05, 0) is 37.2 Å². The first-order valence-corrected chi connectivity index (χ1v) is 6.75. The van der Waals surface area contributed by atoms with Crippen LogP contribution in [0.2, 0.25) is 0 Å². The van der Waals surface area contributed by atoms with Crippen molar-refractivity contribution in [2.45, 2.75) is 13.5 Å². The van der Waals surface area contributed by atoms with Gasteiger partial charge in [0.1, 0.15) is 11.5 Å². The van der Waals surface area contributed by atoms with Crippen LogP contribution in [0.5, 0.6) is 11.5 Å². The second kappa shape index (κ2) is 6.41. The van der Waals surface area contributed by atoms with Crippen LogP contribution in [0, 0.1) is 6.92 Å². The average molecular weight is 285 g/mol. The van der Waals surface area contributed by atoms with Gasteiger partial charge in [-0.15, -0.1) is 0 Å². The van der Waals surface area contributed by atoms with E-state index in [1.807, 2.05) is 43.1 Å². The SMILES string of the molecule is Cc1ccccc1CN(C)CC(=O)c1ccc(O)cc1O. The molecule has 2 rings (SSSR count). The van der Waals surface area contributed by atoms with Gasteiger partial charge < -0.3 is 10.2 Å². The molecule has 0 bridgehead atoms. The number of aryl methyl sites for hydroxylation is 1. The number of hydrogen-bond donors (Lipinski definition) is 2. The van der Waals surface area contributed by atoms with E-state index in [1.165, 1.54) is 29.3 Å². The molecule has 0 unspecified atom stereocenters.